The van der Waals surface area contributed by atoms with Gasteiger partial charge in [-0.3, -0.25) is 0 Å². The van der Waals surface area contributed by atoms with Gasteiger partial charge in [-0.1, -0.05) is 77.6 Å². The highest BCUT2D eigenvalue weighted by Gasteiger charge is 2.29. The van der Waals surface area contributed by atoms with E-state index in [9.17, 15) is 0 Å². The summed E-state index contributed by atoms with van der Waals surface area (Å²) in [7, 11) is 0. The van der Waals surface area contributed by atoms with E-state index in [-0.39, 0.29) is 0 Å². The molecule has 1 heteroatoms. The molecule has 0 aliphatic heterocycles. The first kappa shape index (κ1) is 16.0. The molecular formula is C17H35N. The second-order valence-electron chi connectivity index (χ2n) is 6.49. The summed E-state index contributed by atoms with van der Waals surface area (Å²) in [5.41, 5.74) is 6.58. The van der Waals surface area contributed by atoms with Crippen molar-refractivity contribution in [1.29, 1.82) is 0 Å². The van der Waals surface area contributed by atoms with Crippen LogP contribution in [-0.2, 0) is 0 Å². The van der Waals surface area contributed by atoms with Crippen LogP contribution in [0.15, 0.2) is 0 Å². The average molecular weight is 253 g/mol. The van der Waals surface area contributed by atoms with E-state index < -0.39 is 0 Å². The van der Waals surface area contributed by atoms with E-state index >= 15 is 0 Å². The normalized spacial score (nSPS) is 19.0. The molecule has 0 saturated heterocycles. The molecule has 0 aromatic heterocycles. The van der Waals surface area contributed by atoms with Gasteiger partial charge in [0.1, 0.15) is 0 Å². The summed E-state index contributed by atoms with van der Waals surface area (Å²) in [6.07, 6.45) is 20.0. The van der Waals surface area contributed by atoms with Crippen molar-refractivity contribution in [2.45, 2.75) is 96.8 Å². The van der Waals surface area contributed by atoms with Crippen molar-refractivity contribution < 1.29 is 0 Å². The van der Waals surface area contributed by atoms with E-state index in [4.69, 9.17) is 5.73 Å². The highest BCUT2D eigenvalue weighted by Crippen LogP contribution is 2.39. The fraction of sp³-hybridized carbons (Fsp3) is 1.00. The van der Waals surface area contributed by atoms with Crippen molar-refractivity contribution in [3.8, 4) is 0 Å². The summed E-state index contributed by atoms with van der Waals surface area (Å²) in [5.74, 6) is 0. The lowest BCUT2D eigenvalue weighted by atomic mass is 9.71. The lowest BCUT2D eigenvalue weighted by Gasteiger charge is -2.36. The molecule has 0 amide bonds. The first-order chi connectivity index (χ1) is 8.83. The Balaban J connectivity index is 1.98. The lowest BCUT2D eigenvalue weighted by Crippen LogP contribution is -2.32. The van der Waals surface area contributed by atoms with Crippen LogP contribution in [0.25, 0.3) is 0 Å². The topological polar surface area (TPSA) is 26.0 Å². The maximum Gasteiger partial charge on any atom is -0.00205 e. The Morgan fingerprint density at radius 3 is 1.89 bits per heavy atom. The standard InChI is InChI=1S/C17H35N/c1-2-3-4-5-6-7-8-10-13-17(16-18)14-11-9-12-15-17/h2-16,18H2,1H3. The van der Waals surface area contributed by atoms with E-state index in [1.165, 1.54) is 89.9 Å². The van der Waals surface area contributed by atoms with Gasteiger partial charge in [-0.05, 0) is 31.2 Å². The largest absolute Gasteiger partial charge is 0.330 e. The van der Waals surface area contributed by atoms with Gasteiger partial charge in [-0.25, -0.2) is 0 Å². The molecule has 0 bridgehead atoms. The number of unbranched alkanes of at least 4 members (excludes halogenated alkanes) is 7. The maximum atomic E-state index is 6.03. The molecule has 0 spiro atoms. The van der Waals surface area contributed by atoms with Gasteiger partial charge in [0, 0.05) is 0 Å². The summed E-state index contributed by atoms with van der Waals surface area (Å²) in [4.78, 5) is 0. The van der Waals surface area contributed by atoms with Crippen LogP contribution in [0.3, 0.4) is 0 Å². The molecule has 18 heavy (non-hydrogen) atoms. The molecule has 1 aliphatic rings. The second-order valence-corrected chi connectivity index (χ2v) is 6.49. The Hall–Kier alpha value is -0.0400. The molecule has 1 aliphatic carbocycles. The summed E-state index contributed by atoms with van der Waals surface area (Å²) < 4.78 is 0. The molecule has 2 N–H and O–H groups in total. The van der Waals surface area contributed by atoms with Gasteiger partial charge in [0.25, 0.3) is 0 Å². The van der Waals surface area contributed by atoms with Gasteiger partial charge in [-0.2, -0.15) is 0 Å². The Morgan fingerprint density at radius 1 is 0.778 bits per heavy atom. The maximum absolute atomic E-state index is 6.03. The molecule has 0 heterocycles. The third-order valence-electron chi connectivity index (χ3n) is 4.91. The molecule has 0 atom stereocenters. The number of nitrogens with two attached hydrogens (primary N) is 1. The molecular weight excluding hydrogens is 218 g/mol. The molecule has 0 aromatic carbocycles. The summed E-state index contributed by atoms with van der Waals surface area (Å²) >= 11 is 0. The summed E-state index contributed by atoms with van der Waals surface area (Å²) in [6.45, 7) is 3.22. The van der Waals surface area contributed by atoms with Gasteiger partial charge in [0.05, 0.1) is 0 Å². The van der Waals surface area contributed by atoms with E-state index in [0.29, 0.717) is 5.41 Å². The van der Waals surface area contributed by atoms with Gasteiger partial charge in [0.15, 0.2) is 0 Å². The summed E-state index contributed by atoms with van der Waals surface area (Å²) in [5, 5.41) is 0. The van der Waals surface area contributed by atoms with E-state index in [2.05, 4.69) is 6.92 Å². The molecule has 1 saturated carbocycles. The average Bonchev–Trinajstić information content (AvgIpc) is 2.43. The molecule has 0 unspecified atom stereocenters. The van der Waals surface area contributed by atoms with Crippen molar-refractivity contribution >= 4 is 0 Å². The minimum atomic E-state index is 0.542. The molecule has 0 radical (unpaired) electrons. The fourth-order valence-electron chi connectivity index (χ4n) is 3.49. The van der Waals surface area contributed by atoms with Gasteiger partial charge < -0.3 is 5.73 Å². The van der Waals surface area contributed by atoms with E-state index in [1.54, 1.807) is 0 Å². The second kappa shape index (κ2) is 9.83. The van der Waals surface area contributed by atoms with Crippen molar-refractivity contribution in [3.05, 3.63) is 0 Å². The Kier molecular flexibility index (Phi) is 8.75. The van der Waals surface area contributed by atoms with Gasteiger partial charge in [-0.15, -0.1) is 0 Å². The SMILES string of the molecule is CCCCCCCCCCC1(CN)CCCCC1. The van der Waals surface area contributed by atoms with Crippen molar-refractivity contribution in [1.82, 2.24) is 0 Å². The third-order valence-corrected chi connectivity index (χ3v) is 4.91. The van der Waals surface area contributed by atoms with Crippen LogP contribution in [0, 0.1) is 5.41 Å². The third kappa shape index (κ3) is 6.22. The Morgan fingerprint density at radius 2 is 1.33 bits per heavy atom. The first-order valence-corrected chi connectivity index (χ1v) is 8.53. The number of hydrogen-bond acceptors (Lipinski definition) is 1. The number of rotatable bonds is 10. The van der Waals surface area contributed by atoms with Crippen LogP contribution in [0.2, 0.25) is 0 Å². The smallest absolute Gasteiger partial charge is 0.00205 e. The zero-order valence-corrected chi connectivity index (χ0v) is 12.7. The van der Waals surface area contributed by atoms with Gasteiger partial charge in [0.2, 0.25) is 0 Å². The molecule has 1 nitrogen and oxygen atoms in total. The van der Waals surface area contributed by atoms with Gasteiger partial charge >= 0.3 is 0 Å². The highest BCUT2D eigenvalue weighted by molar-refractivity contribution is 4.83. The Bertz CT molecular complexity index is 182. The van der Waals surface area contributed by atoms with Crippen LogP contribution in [0.5, 0.6) is 0 Å². The van der Waals surface area contributed by atoms with E-state index in [0.717, 1.165) is 6.54 Å². The molecule has 1 rings (SSSR count). The zero-order chi connectivity index (χ0) is 13.1. The Labute approximate surface area is 115 Å². The quantitative estimate of drug-likeness (QED) is 0.516. The zero-order valence-electron chi connectivity index (χ0n) is 12.7. The summed E-state index contributed by atoms with van der Waals surface area (Å²) in [6, 6.07) is 0. The minimum Gasteiger partial charge on any atom is -0.330 e. The number of hydrogen-bond donors (Lipinski definition) is 1. The molecule has 1 fully saturated rings. The van der Waals surface area contributed by atoms with Crippen LogP contribution < -0.4 is 5.73 Å². The van der Waals surface area contributed by atoms with Crippen LogP contribution in [-0.4, -0.2) is 6.54 Å². The molecule has 108 valence electrons. The monoisotopic (exact) mass is 253 g/mol. The fourth-order valence-corrected chi connectivity index (χ4v) is 3.49. The van der Waals surface area contributed by atoms with Crippen molar-refractivity contribution in [3.63, 3.8) is 0 Å². The van der Waals surface area contributed by atoms with Crippen LogP contribution >= 0.6 is 0 Å². The predicted molar refractivity (Wildman–Crippen MR) is 81.8 cm³/mol. The first-order valence-electron chi connectivity index (χ1n) is 8.53. The molecule has 0 aromatic rings. The highest BCUT2D eigenvalue weighted by atomic mass is 14.6. The van der Waals surface area contributed by atoms with Crippen LogP contribution in [0.1, 0.15) is 96.8 Å². The lowest BCUT2D eigenvalue weighted by molar-refractivity contribution is 0.176. The van der Waals surface area contributed by atoms with Crippen molar-refractivity contribution in [2.24, 2.45) is 11.1 Å². The van der Waals surface area contributed by atoms with E-state index in [1.807, 2.05) is 0 Å². The van der Waals surface area contributed by atoms with Crippen molar-refractivity contribution in [2.75, 3.05) is 6.54 Å². The predicted octanol–water partition coefficient (Wildman–Crippen LogP) is 5.43. The van der Waals surface area contributed by atoms with Crippen LogP contribution in [0.4, 0.5) is 0 Å². The minimum absolute atomic E-state index is 0.542.